The van der Waals surface area contributed by atoms with Gasteiger partial charge in [0.25, 0.3) is 0 Å². The number of benzene rings is 3. The number of nitrogens with zero attached hydrogens (tertiary/aromatic N) is 4. The fourth-order valence-corrected chi connectivity index (χ4v) is 4.08. The molecule has 2 heterocycles. The second-order valence-electron chi connectivity index (χ2n) is 7.21. The lowest BCUT2D eigenvalue weighted by atomic mass is 10.2. The normalized spacial score (nSPS) is 11.6. The van der Waals surface area contributed by atoms with Gasteiger partial charge in [0.2, 0.25) is 0 Å². The number of aryl methyl sites for hydroxylation is 2. The molecule has 6 heteroatoms. The Labute approximate surface area is 172 Å². The van der Waals surface area contributed by atoms with Crippen LogP contribution in [0.15, 0.2) is 60.7 Å². The van der Waals surface area contributed by atoms with Crippen LogP contribution in [0, 0.1) is 11.6 Å². The molecular weight excluding hydrogens is 382 g/mol. The maximum Gasteiger partial charge on any atom is 0.141 e. The lowest BCUT2D eigenvalue weighted by Crippen LogP contribution is -1.99. The van der Waals surface area contributed by atoms with Crippen LogP contribution in [0.2, 0.25) is 0 Å². The molecule has 0 bridgehead atoms. The highest BCUT2D eigenvalue weighted by Crippen LogP contribution is 2.31. The minimum absolute atomic E-state index is 0.286. The summed E-state index contributed by atoms with van der Waals surface area (Å²) in [6, 6.07) is 17.0. The second-order valence-corrected chi connectivity index (χ2v) is 7.21. The average molecular weight is 402 g/mol. The van der Waals surface area contributed by atoms with Crippen LogP contribution in [0.3, 0.4) is 0 Å². The van der Waals surface area contributed by atoms with Gasteiger partial charge in [0.1, 0.15) is 23.3 Å². The molecular formula is C24H20F2N4. The SMILES string of the molecule is CCn1c(-c2cccc(F)c2)nc2cc3nc(-c4cccc(F)c4)n(CC)c3cc21. The first-order valence-corrected chi connectivity index (χ1v) is 10.0. The zero-order valence-corrected chi connectivity index (χ0v) is 16.7. The summed E-state index contributed by atoms with van der Waals surface area (Å²) in [5.41, 5.74) is 5.01. The first-order chi connectivity index (χ1) is 14.6. The number of fused-ring (bicyclic) bond motifs is 2. The van der Waals surface area contributed by atoms with Crippen LogP contribution in [0.5, 0.6) is 0 Å². The molecule has 0 N–H and O–H groups in total. The zero-order valence-electron chi connectivity index (χ0n) is 16.7. The van der Waals surface area contributed by atoms with Gasteiger partial charge >= 0.3 is 0 Å². The Morgan fingerprint density at radius 1 is 0.667 bits per heavy atom. The van der Waals surface area contributed by atoms with E-state index in [2.05, 4.69) is 15.2 Å². The largest absolute Gasteiger partial charge is 0.324 e. The smallest absolute Gasteiger partial charge is 0.141 e. The molecule has 0 saturated heterocycles. The van der Waals surface area contributed by atoms with Crippen LogP contribution in [0.25, 0.3) is 44.8 Å². The van der Waals surface area contributed by atoms with Crippen molar-refractivity contribution in [2.75, 3.05) is 0 Å². The molecule has 0 saturated carbocycles. The number of hydrogen-bond acceptors (Lipinski definition) is 2. The summed E-state index contributed by atoms with van der Waals surface area (Å²) in [5.74, 6) is 0.888. The quantitative estimate of drug-likeness (QED) is 0.367. The second kappa shape index (κ2) is 7.06. The van der Waals surface area contributed by atoms with Gasteiger partial charge in [-0.25, -0.2) is 18.7 Å². The van der Waals surface area contributed by atoms with E-state index >= 15 is 0 Å². The molecule has 0 spiro atoms. The third-order valence-electron chi connectivity index (χ3n) is 5.42. The van der Waals surface area contributed by atoms with Gasteiger partial charge in [0, 0.05) is 24.2 Å². The molecule has 30 heavy (non-hydrogen) atoms. The molecule has 0 amide bonds. The number of imidazole rings is 2. The maximum absolute atomic E-state index is 13.8. The van der Waals surface area contributed by atoms with Crippen molar-refractivity contribution in [2.45, 2.75) is 26.9 Å². The van der Waals surface area contributed by atoms with Crippen molar-refractivity contribution in [3.05, 3.63) is 72.3 Å². The van der Waals surface area contributed by atoms with Crippen molar-refractivity contribution in [2.24, 2.45) is 0 Å². The summed E-state index contributed by atoms with van der Waals surface area (Å²) in [6.07, 6.45) is 0. The Kier molecular flexibility index (Phi) is 4.35. The summed E-state index contributed by atoms with van der Waals surface area (Å²) in [4.78, 5) is 9.57. The number of rotatable bonds is 4. The van der Waals surface area contributed by atoms with Crippen LogP contribution < -0.4 is 0 Å². The third kappa shape index (κ3) is 2.87. The Bertz CT molecular complexity index is 1290. The molecule has 0 fully saturated rings. The molecule has 0 aliphatic heterocycles. The van der Waals surface area contributed by atoms with Gasteiger partial charge in [0.15, 0.2) is 0 Å². The number of aromatic nitrogens is 4. The Morgan fingerprint density at radius 2 is 1.13 bits per heavy atom. The minimum atomic E-state index is -0.286. The van der Waals surface area contributed by atoms with Gasteiger partial charge in [-0.1, -0.05) is 24.3 Å². The van der Waals surface area contributed by atoms with Crippen molar-refractivity contribution in [3.63, 3.8) is 0 Å². The number of hydrogen-bond donors (Lipinski definition) is 0. The highest BCUT2D eigenvalue weighted by molar-refractivity contribution is 5.95. The Balaban J connectivity index is 1.76. The Hall–Kier alpha value is -3.54. The Morgan fingerprint density at radius 3 is 1.53 bits per heavy atom. The van der Waals surface area contributed by atoms with Gasteiger partial charge in [0.05, 0.1) is 22.1 Å². The lowest BCUT2D eigenvalue weighted by molar-refractivity contribution is 0.627. The summed E-state index contributed by atoms with van der Waals surface area (Å²) >= 11 is 0. The topological polar surface area (TPSA) is 35.6 Å². The van der Waals surface area contributed by atoms with Gasteiger partial charge in [-0.3, -0.25) is 0 Å². The standard InChI is InChI=1S/C24H20F2N4/c1-3-29-21-14-22-20(13-19(21)27-23(29)15-7-5-9-17(25)11-15)28-24(30(22)4-2)16-8-6-10-18(26)12-16/h5-14H,3-4H2,1-2H3. The summed E-state index contributed by atoms with van der Waals surface area (Å²) < 4.78 is 31.7. The molecule has 0 radical (unpaired) electrons. The van der Waals surface area contributed by atoms with Crippen LogP contribution in [-0.2, 0) is 13.1 Å². The third-order valence-corrected chi connectivity index (χ3v) is 5.42. The van der Waals surface area contributed by atoms with Gasteiger partial charge < -0.3 is 9.13 Å². The van der Waals surface area contributed by atoms with Crippen molar-refractivity contribution >= 4 is 22.1 Å². The first kappa shape index (κ1) is 18.5. The monoisotopic (exact) mass is 402 g/mol. The van der Waals surface area contributed by atoms with Crippen molar-refractivity contribution in [1.29, 1.82) is 0 Å². The molecule has 5 rings (SSSR count). The van der Waals surface area contributed by atoms with E-state index in [0.29, 0.717) is 13.1 Å². The van der Waals surface area contributed by atoms with Crippen LogP contribution in [0.1, 0.15) is 13.8 Å². The van der Waals surface area contributed by atoms with Crippen molar-refractivity contribution < 1.29 is 8.78 Å². The molecule has 0 aliphatic carbocycles. The van der Waals surface area contributed by atoms with E-state index in [-0.39, 0.29) is 11.6 Å². The van der Waals surface area contributed by atoms with Gasteiger partial charge in [-0.05, 0) is 50.2 Å². The molecule has 150 valence electrons. The minimum Gasteiger partial charge on any atom is -0.324 e. The molecule has 4 nitrogen and oxygen atoms in total. The predicted molar refractivity (Wildman–Crippen MR) is 115 cm³/mol. The fraction of sp³-hybridized carbons (Fsp3) is 0.167. The molecule has 5 aromatic rings. The average Bonchev–Trinajstić information content (AvgIpc) is 3.29. The summed E-state index contributed by atoms with van der Waals surface area (Å²) in [5, 5.41) is 0. The van der Waals surface area contributed by atoms with Crippen LogP contribution in [0.4, 0.5) is 8.78 Å². The van der Waals surface area contributed by atoms with Gasteiger partial charge in [-0.2, -0.15) is 0 Å². The van der Waals surface area contributed by atoms with Crippen molar-refractivity contribution in [3.8, 4) is 22.8 Å². The zero-order chi connectivity index (χ0) is 20.8. The molecule has 0 atom stereocenters. The highest BCUT2D eigenvalue weighted by Gasteiger charge is 2.17. The molecule has 2 aromatic heterocycles. The van der Waals surface area contributed by atoms with E-state index in [0.717, 1.165) is 44.8 Å². The highest BCUT2D eigenvalue weighted by atomic mass is 19.1. The fourth-order valence-electron chi connectivity index (χ4n) is 4.08. The molecule has 3 aromatic carbocycles. The van der Waals surface area contributed by atoms with E-state index in [9.17, 15) is 8.78 Å². The van der Waals surface area contributed by atoms with E-state index in [1.54, 1.807) is 12.1 Å². The maximum atomic E-state index is 13.8. The van der Waals surface area contributed by atoms with Crippen LogP contribution in [-0.4, -0.2) is 19.1 Å². The van der Waals surface area contributed by atoms with E-state index < -0.39 is 0 Å². The van der Waals surface area contributed by atoms with Crippen molar-refractivity contribution in [1.82, 2.24) is 19.1 Å². The number of halogens is 2. The molecule has 0 unspecified atom stereocenters. The molecule has 0 aliphatic rings. The van der Waals surface area contributed by atoms with E-state index in [4.69, 9.17) is 9.97 Å². The van der Waals surface area contributed by atoms with Gasteiger partial charge in [-0.15, -0.1) is 0 Å². The van der Waals surface area contributed by atoms with Crippen LogP contribution >= 0.6 is 0 Å². The summed E-state index contributed by atoms with van der Waals surface area (Å²) in [7, 11) is 0. The first-order valence-electron chi connectivity index (χ1n) is 10.0. The van der Waals surface area contributed by atoms with E-state index in [1.807, 2.05) is 32.0 Å². The summed E-state index contributed by atoms with van der Waals surface area (Å²) in [6.45, 7) is 5.49. The lowest BCUT2D eigenvalue weighted by Gasteiger charge is -2.08. The van der Waals surface area contributed by atoms with E-state index in [1.165, 1.54) is 24.3 Å². The predicted octanol–water partition coefficient (Wildman–Crippen LogP) is 6.04.